The molecule has 0 rings (SSSR count). The van der Waals surface area contributed by atoms with Gasteiger partial charge in [-0.2, -0.15) is 0 Å². The molecule has 0 aliphatic rings. The lowest BCUT2D eigenvalue weighted by Gasteiger charge is -2.14. The van der Waals surface area contributed by atoms with E-state index < -0.39 is 0 Å². The molecule has 3 heteroatoms. The van der Waals surface area contributed by atoms with Crippen LogP contribution in [0.2, 0.25) is 0 Å². The van der Waals surface area contributed by atoms with E-state index in [1.165, 1.54) is 0 Å². The van der Waals surface area contributed by atoms with Crippen LogP contribution >= 0.6 is 0 Å². The van der Waals surface area contributed by atoms with E-state index in [4.69, 9.17) is 4.80 Å². The van der Waals surface area contributed by atoms with Gasteiger partial charge in [0.25, 0.3) is 0 Å². The Morgan fingerprint density at radius 2 is 1.00 bits per heavy atom. The Balaban J connectivity index is 0. The Labute approximate surface area is 48.9 Å². The van der Waals surface area contributed by atoms with Crippen molar-refractivity contribution in [2.24, 2.45) is 0 Å². The fraction of sp³-hybridized carbons (Fsp3) is 1.00. The first-order valence-electron chi connectivity index (χ1n) is 2.24. The van der Waals surface area contributed by atoms with Crippen molar-refractivity contribution in [3.05, 3.63) is 0 Å². The Kier molecular flexibility index (Phi) is 6.26. The molecule has 1 N–H and O–H groups in total. The molecular formula is C4H16NOSi+. The van der Waals surface area contributed by atoms with Crippen LogP contribution in [0, 0.1) is 0 Å². The van der Waals surface area contributed by atoms with E-state index in [1.54, 1.807) is 0 Å². The normalized spacial score (nSPS) is 9.86. The topological polar surface area (TPSA) is 20.2 Å². The third-order valence-electron chi connectivity index (χ3n) is 0. The first-order valence-corrected chi connectivity index (χ1v) is 3.13. The van der Waals surface area contributed by atoms with Gasteiger partial charge in [0.05, 0.1) is 28.2 Å². The number of nitrogens with zero attached hydrogens (tertiary/aromatic N) is 1. The summed E-state index contributed by atoms with van der Waals surface area (Å²) in [6, 6.07) is 0. The van der Waals surface area contributed by atoms with Crippen LogP contribution < -0.4 is 0 Å². The van der Waals surface area contributed by atoms with Crippen molar-refractivity contribution in [2.45, 2.75) is 0 Å². The van der Waals surface area contributed by atoms with Gasteiger partial charge in [0, 0.05) is 0 Å². The van der Waals surface area contributed by atoms with Gasteiger partial charge in [-0.15, -0.1) is 0 Å². The molecule has 0 atom stereocenters. The maximum Gasteiger partial charge on any atom is 0.141 e. The van der Waals surface area contributed by atoms with Crippen molar-refractivity contribution in [1.29, 1.82) is 0 Å². The van der Waals surface area contributed by atoms with Crippen LogP contribution in [-0.4, -0.2) is 48.0 Å². The highest BCUT2D eigenvalue weighted by atomic mass is 28.2. The van der Waals surface area contributed by atoms with E-state index in [-0.39, 0.29) is 0 Å². The summed E-state index contributed by atoms with van der Waals surface area (Å²) in [4.78, 5) is 7.14. The van der Waals surface area contributed by atoms with Crippen LogP contribution in [0.1, 0.15) is 0 Å². The van der Waals surface area contributed by atoms with E-state index in [0.717, 1.165) is 4.48 Å². The minimum atomic E-state index is 0.306. The lowest BCUT2D eigenvalue weighted by Crippen LogP contribution is -2.27. The van der Waals surface area contributed by atoms with Gasteiger partial charge in [-0.3, -0.25) is 0 Å². The predicted octanol–water partition coefficient (Wildman–Crippen LogP) is -1.42. The van der Waals surface area contributed by atoms with Crippen LogP contribution in [-0.2, 0) is 0 Å². The Morgan fingerprint density at radius 1 is 1.00 bits per heavy atom. The number of hydrogen-bond donors (Lipinski definition) is 1. The van der Waals surface area contributed by atoms with Crippen molar-refractivity contribution < 1.29 is 9.28 Å². The zero-order valence-corrected chi connectivity index (χ0v) is 7.89. The standard InChI is InChI=1S/C4H12N.H4OSi/c1-5(2,3)4;1-2/h1-4H3;1H,2H3/q+1;. The van der Waals surface area contributed by atoms with Crippen molar-refractivity contribution in [1.82, 2.24) is 0 Å². The summed E-state index contributed by atoms with van der Waals surface area (Å²) >= 11 is 0. The average Bonchev–Trinajstić information content (AvgIpc) is 1.36. The molecule has 0 saturated carbocycles. The molecule has 0 aromatic carbocycles. The maximum atomic E-state index is 7.14. The molecule has 2 nitrogen and oxygen atoms in total. The monoisotopic (exact) mass is 122 g/mol. The van der Waals surface area contributed by atoms with E-state index in [9.17, 15) is 0 Å². The van der Waals surface area contributed by atoms with Crippen LogP contribution in [0.3, 0.4) is 0 Å². The van der Waals surface area contributed by atoms with Crippen molar-refractivity contribution in [2.75, 3.05) is 28.2 Å². The van der Waals surface area contributed by atoms with Crippen molar-refractivity contribution in [3.63, 3.8) is 0 Å². The van der Waals surface area contributed by atoms with Gasteiger partial charge >= 0.3 is 0 Å². The van der Waals surface area contributed by atoms with Crippen LogP contribution in [0.5, 0.6) is 0 Å². The quantitative estimate of drug-likeness (QED) is 0.309. The third kappa shape index (κ3) is 5610. The zero-order valence-electron chi connectivity index (χ0n) is 5.89. The molecular weight excluding hydrogens is 106 g/mol. The second kappa shape index (κ2) is 4.30. The molecule has 0 amide bonds. The smallest absolute Gasteiger partial charge is 0.141 e. The predicted molar refractivity (Wildman–Crippen MR) is 36.1 cm³/mol. The summed E-state index contributed by atoms with van der Waals surface area (Å²) in [5.41, 5.74) is 0. The minimum Gasteiger partial charge on any atom is -0.442 e. The first kappa shape index (κ1) is 10.2. The van der Waals surface area contributed by atoms with Crippen LogP contribution in [0.4, 0.5) is 0 Å². The van der Waals surface area contributed by atoms with Gasteiger partial charge in [0.2, 0.25) is 0 Å². The van der Waals surface area contributed by atoms with Crippen LogP contribution in [0.25, 0.3) is 0 Å². The number of rotatable bonds is 0. The number of hydrogen-bond acceptors (Lipinski definition) is 1. The second-order valence-electron chi connectivity index (χ2n) is 2.68. The molecule has 46 valence electrons. The molecule has 0 bridgehead atoms. The molecule has 0 spiro atoms. The Morgan fingerprint density at radius 3 is 1.00 bits per heavy atom. The molecule has 7 heavy (non-hydrogen) atoms. The SMILES string of the molecule is C[N+](C)(C)C.O[SiH3]. The molecule has 0 radical (unpaired) electrons. The Hall–Kier alpha value is 0.137. The zero-order chi connectivity index (χ0) is 6.50. The summed E-state index contributed by atoms with van der Waals surface area (Å²) in [6.45, 7) is 0. The fourth-order valence-electron chi connectivity index (χ4n) is 0. The second-order valence-corrected chi connectivity index (χ2v) is 2.68. The largest absolute Gasteiger partial charge is 0.442 e. The summed E-state index contributed by atoms with van der Waals surface area (Å²) in [6.07, 6.45) is 0. The van der Waals surface area contributed by atoms with E-state index >= 15 is 0 Å². The average molecular weight is 122 g/mol. The summed E-state index contributed by atoms with van der Waals surface area (Å²) in [5, 5.41) is 0. The van der Waals surface area contributed by atoms with Crippen molar-refractivity contribution in [3.8, 4) is 0 Å². The summed E-state index contributed by atoms with van der Waals surface area (Å²) in [5.74, 6) is 0. The molecule has 0 aromatic rings. The Bertz CT molecular complexity index is 27.2. The highest BCUT2D eigenvalue weighted by molar-refractivity contribution is 5.95. The summed E-state index contributed by atoms with van der Waals surface area (Å²) in [7, 11) is 8.81. The highest BCUT2D eigenvalue weighted by Crippen LogP contribution is 1.73. The first-order chi connectivity index (χ1) is 3.00. The highest BCUT2D eigenvalue weighted by Gasteiger charge is 1.88. The van der Waals surface area contributed by atoms with Crippen LogP contribution in [0.15, 0.2) is 0 Å². The lowest BCUT2D eigenvalue weighted by atomic mass is 10.8. The van der Waals surface area contributed by atoms with Gasteiger partial charge < -0.3 is 9.28 Å². The maximum absolute atomic E-state index is 7.14. The van der Waals surface area contributed by atoms with Gasteiger partial charge in [0.1, 0.15) is 10.5 Å². The van der Waals surface area contributed by atoms with Gasteiger partial charge in [0.15, 0.2) is 0 Å². The molecule has 0 saturated heterocycles. The van der Waals surface area contributed by atoms with Crippen molar-refractivity contribution >= 4 is 10.5 Å². The minimum absolute atomic E-state index is 0.306. The molecule has 0 aliphatic heterocycles. The fourth-order valence-corrected chi connectivity index (χ4v) is 0. The molecule has 0 heterocycles. The lowest BCUT2D eigenvalue weighted by molar-refractivity contribution is -0.849. The molecule has 0 aliphatic carbocycles. The molecule has 0 fully saturated rings. The third-order valence-corrected chi connectivity index (χ3v) is 0. The number of quaternary nitrogens is 1. The van der Waals surface area contributed by atoms with E-state index in [2.05, 4.69) is 28.2 Å². The van der Waals surface area contributed by atoms with E-state index in [0.29, 0.717) is 10.5 Å². The molecule has 0 unspecified atom stereocenters. The van der Waals surface area contributed by atoms with Gasteiger partial charge in [-0.25, -0.2) is 0 Å². The summed E-state index contributed by atoms with van der Waals surface area (Å²) < 4.78 is 1.00. The van der Waals surface area contributed by atoms with E-state index in [1.807, 2.05) is 0 Å². The van der Waals surface area contributed by atoms with Gasteiger partial charge in [-0.05, 0) is 0 Å². The molecule has 0 aromatic heterocycles. The van der Waals surface area contributed by atoms with Gasteiger partial charge in [-0.1, -0.05) is 0 Å².